The Morgan fingerprint density at radius 2 is 2.07 bits per heavy atom. The molecule has 3 heteroatoms. The number of hydrogen-bond acceptors (Lipinski definition) is 2. The highest BCUT2D eigenvalue weighted by Gasteiger charge is 2.55. The van der Waals surface area contributed by atoms with Crippen molar-refractivity contribution in [2.45, 2.75) is 19.4 Å². The van der Waals surface area contributed by atoms with Crippen LogP contribution in [0.5, 0.6) is 0 Å². The smallest absolute Gasteiger partial charge is 0.0860 e. The summed E-state index contributed by atoms with van der Waals surface area (Å²) in [6.45, 7) is 2.71. The molecule has 3 N–H and O–H groups in total. The molecule has 1 aliphatic rings. The van der Waals surface area contributed by atoms with Crippen molar-refractivity contribution in [3.05, 3.63) is 34.3 Å². The second kappa shape index (κ2) is 3.89. The van der Waals surface area contributed by atoms with Crippen LogP contribution in [-0.2, 0) is 0 Å². The van der Waals surface area contributed by atoms with Gasteiger partial charge in [0, 0.05) is 16.4 Å². The number of aliphatic hydroxyl groups excluding tert-OH is 1. The first kappa shape index (κ1) is 11.1. The van der Waals surface area contributed by atoms with Crippen LogP contribution in [0.15, 0.2) is 28.7 Å². The molecule has 2 nitrogen and oxygen atoms in total. The topological polar surface area (TPSA) is 46.2 Å². The molecule has 1 saturated carbocycles. The van der Waals surface area contributed by atoms with Gasteiger partial charge in [0.2, 0.25) is 0 Å². The first-order chi connectivity index (χ1) is 7.10. The van der Waals surface area contributed by atoms with Crippen LogP contribution in [0.25, 0.3) is 0 Å². The van der Waals surface area contributed by atoms with Gasteiger partial charge >= 0.3 is 0 Å². The Hall–Kier alpha value is -0.380. The Morgan fingerprint density at radius 3 is 2.47 bits per heavy atom. The maximum atomic E-state index is 10.3. The van der Waals surface area contributed by atoms with Gasteiger partial charge in [-0.1, -0.05) is 35.0 Å². The van der Waals surface area contributed by atoms with Crippen molar-refractivity contribution in [2.24, 2.45) is 17.1 Å². The van der Waals surface area contributed by atoms with E-state index >= 15 is 0 Å². The molecule has 0 aliphatic heterocycles. The van der Waals surface area contributed by atoms with Gasteiger partial charge in [-0.2, -0.15) is 0 Å². The molecule has 3 atom stereocenters. The Kier molecular flexibility index (Phi) is 2.88. The summed E-state index contributed by atoms with van der Waals surface area (Å²) >= 11 is 3.38. The highest BCUT2D eigenvalue weighted by molar-refractivity contribution is 9.10. The summed E-state index contributed by atoms with van der Waals surface area (Å²) in [5.41, 5.74) is 6.65. The molecular formula is C12H16BrNO. The second-order valence-corrected chi connectivity index (χ2v) is 5.41. The molecule has 0 spiro atoms. The minimum Gasteiger partial charge on any atom is -0.388 e. The fourth-order valence-electron chi connectivity index (χ4n) is 2.27. The van der Waals surface area contributed by atoms with E-state index in [1.54, 1.807) is 0 Å². The molecule has 0 aromatic heterocycles. The molecular weight excluding hydrogens is 254 g/mol. The Balaban J connectivity index is 2.21. The molecule has 0 heterocycles. The number of nitrogens with two attached hydrogens (primary N) is 1. The summed E-state index contributed by atoms with van der Waals surface area (Å²) < 4.78 is 1.03. The van der Waals surface area contributed by atoms with Crippen LogP contribution in [0, 0.1) is 11.3 Å². The fraction of sp³-hybridized carbons (Fsp3) is 0.500. The van der Waals surface area contributed by atoms with E-state index in [0.717, 1.165) is 16.5 Å². The minimum absolute atomic E-state index is 0.0756. The van der Waals surface area contributed by atoms with Crippen LogP contribution >= 0.6 is 15.9 Å². The van der Waals surface area contributed by atoms with Crippen molar-refractivity contribution >= 4 is 15.9 Å². The molecule has 82 valence electrons. The van der Waals surface area contributed by atoms with Gasteiger partial charge in [-0.3, -0.25) is 0 Å². The maximum Gasteiger partial charge on any atom is 0.0860 e. The quantitative estimate of drug-likeness (QED) is 0.886. The standard InChI is InChI=1S/C12H16BrNO/c1-8-6-12(8,7-14)11(15)9-2-4-10(13)5-3-9/h2-5,8,11,15H,6-7,14H2,1H3/t8-,11-,12+/m1/s1. The van der Waals surface area contributed by atoms with Gasteiger partial charge in [0.15, 0.2) is 0 Å². The van der Waals surface area contributed by atoms with Crippen LogP contribution in [0.3, 0.4) is 0 Å². The van der Waals surface area contributed by atoms with E-state index in [1.165, 1.54) is 0 Å². The van der Waals surface area contributed by atoms with Crippen molar-refractivity contribution < 1.29 is 5.11 Å². The lowest BCUT2D eigenvalue weighted by atomic mass is 9.91. The van der Waals surface area contributed by atoms with Gasteiger partial charge in [-0.15, -0.1) is 0 Å². The number of benzene rings is 1. The number of halogens is 1. The van der Waals surface area contributed by atoms with E-state index < -0.39 is 6.10 Å². The van der Waals surface area contributed by atoms with Crippen LogP contribution in [0.2, 0.25) is 0 Å². The van der Waals surface area contributed by atoms with Gasteiger partial charge in [0.25, 0.3) is 0 Å². The van der Waals surface area contributed by atoms with Crippen LogP contribution < -0.4 is 5.73 Å². The van der Waals surface area contributed by atoms with E-state index in [2.05, 4.69) is 22.9 Å². The van der Waals surface area contributed by atoms with E-state index in [4.69, 9.17) is 5.73 Å². The summed E-state index contributed by atoms with van der Waals surface area (Å²) in [5.74, 6) is 0.529. The highest BCUT2D eigenvalue weighted by atomic mass is 79.9. The van der Waals surface area contributed by atoms with Crippen molar-refractivity contribution in [2.75, 3.05) is 6.54 Å². The largest absolute Gasteiger partial charge is 0.388 e. The van der Waals surface area contributed by atoms with Crippen molar-refractivity contribution in [3.63, 3.8) is 0 Å². The zero-order valence-electron chi connectivity index (χ0n) is 8.78. The molecule has 0 radical (unpaired) electrons. The summed E-state index contributed by atoms with van der Waals surface area (Å²) in [7, 11) is 0. The van der Waals surface area contributed by atoms with Gasteiger partial charge in [0.1, 0.15) is 0 Å². The Morgan fingerprint density at radius 1 is 1.53 bits per heavy atom. The highest BCUT2D eigenvalue weighted by Crippen LogP contribution is 2.59. The molecule has 1 fully saturated rings. The molecule has 1 aromatic rings. The zero-order chi connectivity index (χ0) is 11.1. The molecule has 0 unspecified atom stereocenters. The van der Waals surface area contributed by atoms with Crippen molar-refractivity contribution in [1.82, 2.24) is 0 Å². The Bertz CT molecular complexity index is 347. The third kappa shape index (κ3) is 1.84. The predicted octanol–water partition coefficient (Wildman–Crippen LogP) is 2.47. The number of aliphatic hydroxyl groups is 1. The summed E-state index contributed by atoms with van der Waals surface area (Å²) in [6.07, 6.45) is 0.603. The molecule has 0 bridgehead atoms. The molecule has 0 amide bonds. The second-order valence-electron chi connectivity index (χ2n) is 4.50. The van der Waals surface area contributed by atoms with Crippen LogP contribution in [0.4, 0.5) is 0 Å². The lowest BCUT2D eigenvalue weighted by molar-refractivity contribution is 0.0889. The summed E-state index contributed by atoms with van der Waals surface area (Å²) in [5, 5.41) is 10.3. The van der Waals surface area contributed by atoms with Crippen LogP contribution in [0.1, 0.15) is 25.0 Å². The fourth-order valence-corrected chi connectivity index (χ4v) is 2.53. The van der Waals surface area contributed by atoms with E-state index in [-0.39, 0.29) is 5.41 Å². The normalized spacial score (nSPS) is 31.3. The summed E-state index contributed by atoms with van der Waals surface area (Å²) in [4.78, 5) is 0. The first-order valence-electron chi connectivity index (χ1n) is 5.24. The van der Waals surface area contributed by atoms with Gasteiger partial charge < -0.3 is 10.8 Å². The molecule has 2 rings (SSSR count). The lowest BCUT2D eigenvalue weighted by Crippen LogP contribution is -2.25. The average molecular weight is 270 g/mol. The van der Waals surface area contributed by atoms with Crippen molar-refractivity contribution in [3.8, 4) is 0 Å². The van der Waals surface area contributed by atoms with Gasteiger partial charge in [0.05, 0.1) is 6.10 Å². The van der Waals surface area contributed by atoms with E-state index in [0.29, 0.717) is 12.5 Å². The molecule has 1 aromatic carbocycles. The number of rotatable bonds is 3. The van der Waals surface area contributed by atoms with Crippen LogP contribution in [-0.4, -0.2) is 11.7 Å². The third-order valence-electron chi connectivity index (χ3n) is 3.62. The monoisotopic (exact) mass is 269 g/mol. The van der Waals surface area contributed by atoms with E-state index in [1.807, 2.05) is 24.3 Å². The van der Waals surface area contributed by atoms with Crippen molar-refractivity contribution in [1.29, 1.82) is 0 Å². The SMILES string of the molecule is C[C@@H]1C[C@@]1(CN)[C@H](O)c1ccc(Br)cc1. The van der Waals surface area contributed by atoms with Gasteiger partial charge in [-0.25, -0.2) is 0 Å². The minimum atomic E-state index is -0.425. The average Bonchev–Trinajstić information content (AvgIpc) is 2.91. The molecule has 1 aliphatic carbocycles. The zero-order valence-corrected chi connectivity index (χ0v) is 10.4. The lowest BCUT2D eigenvalue weighted by Gasteiger charge is -2.22. The van der Waals surface area contributed by atoms with E-state index in [9.17, 15) is 5.11 Å². The first-order valence-corrected chi connectivity index (χ1v) is 6.03. The molecule has 0 saturated heterocycles. The summed E-state index contributed by atoms with van der Waals surface area (Å²) in [6, 6.07) is 7.82. The molecule has 15 heavy (non-hydrogen) atoms. The predicted molar refractivity (Wildman–Crippen MR) is 64.4 cm³/mol. The van der Waals surface area contributed by atoms with Gasteiger partial charge in [-0.05, 0) is 30.0 Å². The Labute approximate surface area is 98.6 Å². The maximum absolute atomic E-state index is 10.3. The third-order valence-corrected chi connectivity index (χ3v) is 4.15. The number of hydrogen-bond donors (Lipinski definition) is 2.